The zero-order valence-electron chi connectivity index (χ0n) is 11.3. The van der Waals surface area contributed by atoms with Gasteiger partial charge in [-0.1, -0.05) is 25.4 Å². The van der Waals surface area contributed by atoms with Crippen LogP contribution in [0.1, 0.15) is 25.8 Å². The zero-order valence-corrected chi connectivity index (χ0v) is 12.9. The molecule has 1 aromatic rings. The van der Waals surface area contributed by atoms with E-state index in [1.54, 1.807) is 0 Å². The van der Waals surface area contributed by atoms with Crippen molar-refractivity contribution in [3.8, 4) is 6.07 Å². The molecule has 1 unspecified atom stereocenters. The summed E-state index contributed by atoms with van der Waals surface area (Å²) in [4.78, 5) is -0.102. The Kier molecular flexibility index (Phi) is 5.96. The number of nitrogens with zero attached hydrogens (tertiary/aromatic N) is 1. The van der Waals surface area contributed by atoms with Gasteiger partial charge in [0.1, 0.15) is 4.90 Å². The molecule has 7 heteroatoms. The summed E-state index contributed by atoms with van der Waals surface area (Å²) in [5, 5.41) is 18.4. The van der Waals surface area contributed by atoms with Crippen molar-refractivity contribution in [2.24, 2.45) is 5.92 Å². The highest BCUT2D eigenvalue weighted by atomic mass is 35.5. The van der Waals surface area contributed by atoms with Gasteiger partial charge in [-0.05, 0) is 30.5 Å². The molecule has 1 rings (SSSR count). The Morgan fingerprint density at radius 1 is 1.45 bits per heavy atom. The second-order valence-corrected chi connectivity index (χ2v) is 7.03. The van der Waals surface area contributed by atoms with E-state index < -0.39 is 16.1 Å². The van der Waals surface area contributed by atoms with Crippen LogP contribution in [0.25, 0.3) is 0 Å². The molecule has 20 heavy (non-hydrogen) atoms. The predicted molar refractivity (Wildman–Crippen MR) is 76.8 cm³/mol. The summed E-state index contributed by atoms with van der Waals surface area (Å²) in [6, 6.07) is 5.83. The van der Waals surface area contributed by atoms with Crippen LogP contribution in [0.2, 0.25) is 5.02 Å². The topological polar surface area (TPSA) is 90.2 Å². The number of hydrogen-bond donors (Lipinski definition) is 2. The van der Waals surface area contributed by atoms with Crippen LogP contribution in [-0.2, 0) is 10.0 Å². The van der Waals surface area contributed by atoms with Crippen LogP contribution in [0, 0.1) is 17.2 Å². The maximum atomic E-state index is 12.1. The second-order valence-electron chi connectivity index (χ2n) is 4.89. The molecule has 2 N–H and O–H groups in total. The molecule has 0 amide bonds. The van der Waals surface area contributed by atoms with Gasteiger partial charge in [0.05, 0.1) is 22.8 Å². The molecule has 0 aromatic heterocycles. The molecule has 0 aliphatic carbocycles. The lowest BCUT2D eigenvalue weighted by atomic mass is 10.1. The smallest absolute Gasteiger partial charge is 0.242 e. The van der Waals surface area contributed by atoms with Crippen molar-refractivity contribution in [3.05, 3.63) is 28.8 Å². The average molecular weight is 317 g/mol. The molecule has 1 aromatic carbocycles. The van der Waals surface area contributed by atoms with Crippen molar-refractivity contribution in [2.45, 2.75) is 31.3 Å². The fourth-order valence-electron chi connectivity index (χ4n) is 1.70. The van der Waals surface area contributed by atoms with E-state index in [0.717, 1.165) is 0 Å². The van der Waals surface area contributed by atoms with E-state index in [4.69, 9.17) is 16.9 Å². The van der Waals surface area contributed by atoms with Gasteiger partial charge in [0.15, 0.2) is 0 Å². The highest BCUT2D eigenvalue weighted by Gasteiger charge is 2.19. The van der Waals surface area contributed by atoms with E-state index in [2.05, 4.69) is 4.72 Å². The molecule has 1 atom stereocenters. The third-order valence-corrected chi connectivity index (χ3v) is 4.51. The lowest BCUT2D eigenvalue weighted by Gasteiger charge is -2.14. The van der Waals surface area contributed by atoms with Crippen LogP contribution in [-0.4, -0.2) is 26.2 Å². The first-order valence-corrected chi connectivity index (χ1v) is 7.99. The normalized spacial score (nSPS) is 13.2. The molecule has 0 aliphatic rings. The van der Waals surface area contributed by atoms with E-state index in [9.17, 15) is 13.5 Å². The number of sulfonamides is 1. The molecule has 0 heterocycles. The fraction of sp³-hybridized carbons (Fsp3) is 0.462. The quantitative estimate of drug-likeness (QED) is 0.838. The van der Waals surface area contributed by atoms with Crippen molar-refractivity contribution in [1.29, 1.82) is 5.26 Å². The van der Waals surface area contributed by atoms with Gasteiger partial charge in [0.2, 0.25) is 10.0 Å². The fourth-order valence-corrected chi connectivity index (χ4v) is 3.31. The van der Waals surface area contributed by atoms with Gasteiger partial charge in [-0.3, -0.25) is 0 Å². The minimum absolute atomic E-state index is 0.0186. The number of rotatable bonds is 6. The zero-order chi connectivity index (χ0) is 15.3. The Bertz CT molecular complexity index is 609. The van der Waals surface area contributed by atoms with Crippen molar-refractivity contribution < 1.29 is 13.5 Å². The standard InChI is InChI=1S/C13H17ClN2O3S/c1-9(2)5-11(17)8-16-20(18,19)13-4-3-10(7-15)6-12(13)14/h3-4,6,9,11,16-17H,5,8H2,1-2H3. The molecule has 0 spiro atoms. The van der Waals surface area contributed by atoms with Crippen molar-refractivity contribution >= 4 is 21.6 Å². The summed E-state index contributed by atoms with van der Waals surface area (Å²) >= 11 is 5.86. The van der Waals surface area contributed by atoms with E-state index >= 15 is 0 Å². The first-order valence-electron chi connectivity index (χ1n) is 6.13. The van der Waals surface area contributed by atoms with Crippen molar-refractivity contribution in [1.82, 2.24) is 4.72 Å². The highest BCUT2D eigenvalue weighted by Crippen LogP contribution is 2.22. The Balaban J connectivity index is 2.82. The molecule has 0 aliphatic heterocycles. The minimum atomic E-state index is -3.80. The number of nitrogens with one attached hydrogen (secondary N) is 1. The van der Waals surface area contributed by atoms with Crippen LogP contribution in [0.3, 0.4) is 0 Å². The predicted octanol–water partition coefficient (Wildman–Crippen LogP) is 1.90. The van der Waals surface area contributed by atoms with E-state index in [1.165, 1.54) is 18.2 Å². The molecule has 0 fully saturated rings. The van der Waals surface area contributed by atoms with Crippen LogP contribution in [0.15, 0.2) is 23.1 Å². The van der Waals surface area contributed by atoms with Crippen molar-refractivity contribution in [3.63, 3.8) is 0 Å². The van der Waals surface area contributed by atoms with E-state index in [0.29, 0.717) is 6.42 Å². The third kappa shape index (κ3) is 4.76. The molecule has 0 saturated heterocycles. The summed E-state index contributed by atoms with van der Waals surface area (Å²) in [5.74, 6) is 0.271. The van der Waals surface area contributed by atoms with Gasteiger partial charge in [0.25, 0.3) is 0 Å². The SMILES string of the molecule is CC(C)CC(O)CNS(=O)(=O)c1ccc(C#N)cc1Cl. The summed E-state index contributed by atoms with van der Waals surface area (Å²) in [6.07, 6.45) is -0.245. The van der Waals surface area contributed by atoms with Crippen LogP contribution in [0.5, 0.6) is 0 Å². The summed E-state index contributed by atoms with van der Waals surface area (Å²) in [7, 11) is -3.80. The van der Waals surface area contributed by atoms with E-state index in [-0.39, 0.29) is 27.9 Å². The number of aliphatic hydroxyl groups is 1. The number of aliphatic hydroxyl groups excluding tert-OH is 1. The maximum absolute atomic E-state index is 12.1. The summed E-state index contributed by atoms with van der Waals surface area (Å²) in [5.41, 5.74) is 0.286. The Hall–Kier alpha value is -1.13. The Morgan fingerprint density at radius 2 is 2.10 bits per heavy atom. The van der Waals surface area contributed by atoms with Crippen LogP contribution >= 0.6 is 11.6 Å². The van der Waals surface area contributed by atoms with E-state index in [1.807, 2.05) is 19.9 Å². The Labute approximate surface area is 124 Å². The highest BCUT2D eigenvalue weighted by molar-refractivity contribution is 7.89. The average Bonchev–Trinajstić information content (AvgIpc) is 2.35. The van der Waals surface area contributed by atoms with Gasteiger partial charge in [0, 0.05) is 6.54 Å². The summed E-state index contributed by atoms with van der Waals surface area (Å²) in [6.45, 7) is 3.81. The lowest BCUT2D eigenvalue weighted by molar-refractivity contribution is 0.152. The number of hydrogen-bond acceptors (Lipinski definition) is 4. The van der Waals surface area contributed by atoms with Crippen molar-refractivity contribution in [2.75, 3.05) is 6.54 Å². The molecule has 0 radical (unpaired) electrons. The summed E-state index contributed by atoms with van der Waals surface area (Å²) < 4.78 is 26.4. The van der Waals surface area contributed by atoms with Gasteiger partial charge in [-0.15, -0.1) is 0 Å². The monoisotopic (exact) mass is 316 g/mol. The molecule has 0 bridgehead atoms. The largest absolute Gasteiger partial charge is 0.392 e. The first-order chi connectivity index (χ1) is 9.26. The molecular weight excluding hydrogens is 300 g/mol. The van der Waals surface area contributed by atoms with Gasteiger partial charge in [-0.25, -0.2) is 13.1 Å². The molecule has 5 nitrogen and oxygen atoms in total. The number of nitriles is 1. The van der Waals surface area contributed by atoms with Gasteiger partial charge >= 0.3 is 0 Å². The lowest BCUT2D eigenvalue weighted by Crippen LogP contribution is -2.33. The van der Waals surface area contributed by atoms with Crippen LogP contribution in [0.4, 0.5) is 0 Å². The molecular formula is C13H17ClN2O3S. The minimum Gasteiger partial charge on any atom is -0.392 e. The first kappa shape index (κ1) is 16.9. The Morgan fingerprint density at radius 3 is 2.60 bits per heavy atom. The number of benzene rings is 1. The molecule has 110 valence electrons. The van der Waals surface area contributed by atoms with Gasteiger partial charge in [-0.2, -0.15) is 5.26 Å². The second kappa shape index (κ2) is 7.04. The maximum Gasteiger partial charge on any atom is 0.242 e. The third-order valence-electron chi connectivity index (χ3n) is 2.60. The van der Waals surface area contributed by atoms with Gasteiger partial charge < -0.3 is 5.11 Å². The molecule has 0 saturated carbocycles. The van der Waals surface area contributed by atoms with Crippen LogP contribution < -0.4 is 4.72 Å². The number of halogens is 1.